The molecule has 1 aliphatic heterocycles. The number of nitriles is 1. The number of fused-ring (bicyclic) bond motifs is 1. The van der Waals surface area contributed by atoms with Crippen LogP contribution in [0.4, 0.5) is 11.4 Å². The summed E-state index contributed by atoms with van der Waals surface area (Å²) in [5.41, 5.74) is 1.54. The highest BCUT2D eigenvalue weighted by atomic mass is 32.2. The molecule has 0 unspecified atom stereocenters. The standard InChI is InChI=1S/C19H14N4O3S/c1-11-17(13(9-20)19(26-11)23-6-2-3-7-23)18(25)21-12-4-5-15-14(8-12)22-16(24)10-27-15/h2-8H,10H2,1H3,(H,21,25)(H,22,24). The summed E-state index contributed by atoms with van der Waals surface area (Å²) < 4.78 is 7.31. The van der Waals surface area contributed by atoms with Gasteiger partial charge in [0.1, 0.15) is 23.0 Å². The van der Waals surface area contributed by atoms with E-state index < -0.39 is 5.91 Å². The van der Waals surface area contributed by atoms with E-state index in [1.165, 1.54) is 11.8 Å². The number of aromatic nitrogens is 1. The summed E-state index contributed by atoms with van der Waals surface area (Å²) in [7, 11) is 0. The van der Waals surface area contributed by atoms with Gasteiger partial charge in [-0.05, 0) is 37.3 Å². The van der Waals surface area contributed by atoms with E-state index in [0.717, 1.165) is 4.90 Å². The fraction of sp³-hybridized carbons (Fsp3) is 0.105. The van der Waals surface area contributed by atoms with E-state index in [1.807, 2.05) is 6.07 Å². The van der Waals surface area contributed by atoms with Gasteiger partial charge in [0.05, 0.1) is 11.4 Å². The SMILES string of the molecule is Cc1oc(-n2cccc2)c(C#N)c1C(=O)Nc1ccc2c(c1)NC(=O)CS2. The topological polar surface area (TPSA) is 100 Å². The van der Waals surface area contributed by atoms with Crippen molar-refractivity contribution in [3.63, 3.8) is 0 Å². The maximum atomic E-state index is 12.8. The van der Waals surface area contributed by atoms with Crippen LogP contribution in [0.1, 0.15) is 21.7 Å². The molecule has 27 heavy (non-hydrogen) atoms. The van der Waals surface area contributed by atoms with Crippen LogP contribution in [-0.4, -0.2) is 22.1 Å². The number of carbonyl (C=O) groups excluding carboxylic acids is 2. The average Bonchev–Trinajstić information content (AvgIpc) is 3.28. The Labute approximate surface area is 159 Å². The second-order valence-electron chi connectivity index (χ2n) is 5.92. The van der Waals surface area contributed by atoms with Gasteiger partial charge in [-0.25, -0.2) is 0 Å². The molecule has 0 saturated heterocycles. The van der Waals surface area contributed by atoms with Gasteiger partial charge in [0, 0.05) is 23.0 Å². The molecule has 3 heterocycles. The summed E-state index contributed by atoms with van der Waals surface area (Å²) in [5.74, 6) is 0.514. The minimum Gasteiger partial charge on any atom is -0.443 e. The second kappa shape index (κ2) is 6.70. The number of anilines is 2. The largest absolute Gasteiger partial charge is 0.443 e. The Morgan fingerprint density at radius 1 is 1.37 bits per heavy atom. The number of amides is 2. The van der Waals surface area contributed by atoms with Crippen LogP contribution < -0.4 is 10.6 Å². The van der Waals surface area contributed by atoms with Crippen molar-refractivity contribution in [3.8, 4) is 12.0 Å². The molecular weight excluding hydrogens is 364 g/mol. The molecule has 0 aliphatic carbocycles. The molecule has 1 aliphatic rings. The first-order valence-corrected chi connectivity index (χ1v) is 9.10. The molecule has 4 rings (SSSR count). The molecule has 134 valence electrons. The lowest BCUT2D eigenvalue weighted by molar-refractivity contribution is -0.113. The molecule has 0 atom stereocenters. The molecule has 2 N–H and O–H groups in total. The van der Waals surface area contributed by atoms with Crippen LogP contribution in [-0.2, 0) is 4.79 Å². The highest BCUT2D eigenvalue weighted by Crippen LogP contribution is 2.34. The summed E-state index contributed by atoms with van der Waals surface area (Å²) in [6.07, 6.45) is 3.48. The van der Waals surface area contributed by atoms with Gasteiger partial charge in [0.2, 0.25) is 11.8 Å². The Bertz CT molecular complexity index is 1090. The minimum atomic E-state index is -0.444. The third kappa shape index (κ3) is 3.09. The van der Waals surface area contributed by atoms with Gasteiger partial charge >= 0.3 is 0 Å². The molecule has 2 aromatic heterocycles. The molecule has 3 aromatic rings. The van der Waals surface area contributed by atoms with E-state index in [2.05, 4.69) is 16.7 Å². The van der Waals surface area contributed by atoms with Gasteiger partial charge in [-0.15, -0.1) is 11.8 Å². The number of hydrogen-bond donors (Lipinski definition) is 2. The minimum absolute atomic E-state index is 0.0789. The van der Waals surface area contributed by atoms with Crippen LogP contribution >= 0.6 is 11.8 Å². The number of hydrogen-bond acceptors (Lipinski definition) is 5. The predicted molar refractivity (Wildman–Crippen MR) is 101 cm³/mol. The van der Waals surface area contributed by atoms with Crippen LogP contribution in [0.25, 0.3) is 5.88 Å². The summed E-state index contributed by atoms with van der Waals surface area (Å²) in [4.78, 5) is 25.3. The van der Waals surface area contributed by atoms with E-state index in [9.17, 15) is 14.9 Å². The Hall–Kier alpha value is -3.44. The number of nitrogens with one attached hydrogen (secondary N) is 2. The Morgan fingerprint density at radius 3 is 2.89 bits per heavy atom. The molecule has 0 bridgehead atoms. The zero-order valence-corrected chi connectivity index (χ0v) is 15.1. The van der Waals surface area contributed by atoms with Crippen LogP contribution in [0.3, 0.4) is 0 Å². The quantitative estimate of drug-likeness (QED) is 0.726. The number of thioether (sulfide) groups is 1. The van der Waals surface area contributed by atoms with Crippen molar-refractivity contribution < 1.29 is 14.0 Å². The molecule has 0 fully saturated rings. The van der Waals surface area contributed by atoms with Crippen molar-refractivity contribution in [2.75, 3.05) is 16.4 Å². The maximum Gasteiger partial charge on any atom is 0.260 e. The number of benzene rings is 1. The zero-order chi connectivity index (χ0) is 19.0. The van der Waals surface area contributed by atoms with E-state index in [1.54, 1.807) is 48.1 Å². The first-order valence-electron chi connectivity index (χ1n) is 8.11. The lowest BCUT2D eigenvalue weighted by Crippen LogP contribution is -2.19. The smallest absolute Gasteiger partial charge is 0.260 e. The van der Waals surface area contributed by atoms with Crippen LogP contribution in [0.15, 0.2) is 52.0 Å². The highest BCUT2D eigenvalue weighted by molar-refractivity contribution is 8.00. The summed E-state index contributed by atoms with van der Waals surface area (Å²) in [6.45, 7) is 1.65. The number of furan rings is 1. The fourth-order valence-electron chi connectivity index (χ4n) is 2.91. The summed E-state index contributed by atoms with van der Waals surface area (Å²) in [5, 5.41) is 15.1. The highest BCUT2D eigenvalue weighted by Gasteiger charge is 2.25. The molecule has 7 nitrogen and oxygen atoms in total. The first kappa shape index (κ1) is 17.0. The second-order valence-corrected chi connectivity index (χ2v) is 6.93. The summed E-state index contributed by atoms with van der Waals surface area (Å²) >= 11 is 1.45. The number of rotatable bonds is 3. The van der Waals surface area contributed by atoms with Crippen molar-refractivity contribution >= 4 is 35.0 Å². The lowest BCUT2D eigenvalue weighted by Gasteiger charge is -2.17. The number of aryl methyl sites for hydroxylation is 1. The normalized spacial score (nSPS) is 12.8. The van der Waals surface area contributed by atoms with Crippen molar-refractivity contribution in [1.29, 1.82) is 5.26 Å². The number of carbonyl (C=O) groups is 2. The van der Waals surface area contributed by atoms with Crippen molar-refractivity contribution in [2.24, 2.45) is 0 Å². The van der Waals surface area contributed by atoms with Crippen molar-refractivity contribution in [1.82, 2.24) is 4.57 Å². The van der Waals surface area contributed by atoms with Gasteiger partial charge in [-0.1, -0.05) is 0 Å². The molecule has 0 saturated carbocycles. The molecule has 2 amide bonds. The predicted octanol–water partition coefficient (Wildman–Crippen LogP) is 3.55. The van der Waals surface area contributed by atoms with E-state index in [0.29, 0.717) is 28.8 Å². The van der Waals surface area contributed by atoms with Gasteiger partial charge < -0.3 is 15.1 Å². The third-order valence-corrected chi connectivity index (χ3v) is 5.19. The van der Waals surface area contributed by atoms with Gasteiger partial charge in [0.25, 0.3) is 5.91 Å². The lowest BCUT2D eigenvalue weighted by atomic mass is 10.1. The maximum absolute atomic E-state index is 12.8. The Balaban J connectivity index is 1.65. The van der Waals surface area contributed by atoms with Crippen molar-refractivity contribution in [3.05, 3.63) is 59.6 Å². The summed E-state index contributed by atoms with van der Waals surface area (Å²) in [6, 6.07) is 11.0. The Kier molecular flexibility index (Phi) is 4.22. The Morgan fingerprint density at radius 2 is 2.15 bits per heavy atom. The molecule has 1 aromatic carbocycles. The van der Waals surface area contributed by atoms with E-state index >= 15 is 0 Å². The third-order valence-electron chi connectivity index (χ3n) is 4.11. The van der Waals surface area contributed by atoms with Gasteiger partial charge in [-0.3, -0.25) is 14.2 Å². The fourth-order valence-corrected chi connectivity index (χ4v) is 3.70. The van der Waals surface area contributed by atoms with Crippen LogP contribution in [0.2, 0.25) is 0 Å². The monoisotopic (exact) mass is 378 g/mol. The van der Waals surface area contributed by atoms with E-state index in [-0.39, 0.29) is 17.0 Å². The van der Waals surface area contributed by atoms with Gasteiger partial charge in [0.15, 0.2) is 0 Å². The van der Waals surface area contributed by atoms with Crippen LogP contribution in [0, 0.1) is 18.3 Å². The van der Waals surface area contributed by atoms with Gasteiger partial charge in [-0.2, -0.15) is 5.26 Å². The first-order chi connectivity index (χ1) is 13.1. The molecule has 8 heteroatoms. The average molecular weight is 378 g/mol. The van der Waals surface area contributed by atoms with Crippen LogP contribution in [0.5, 0.6) is 0 Å². The molecule has 0 spiro atoms. The molecular formula is C19H14N4O3S. The van der Waals surface area contributed by atoms with E-state index in [4.69, 9.17) is 4.42 Å². The molecule has 0 radical (unpaired) electrons. The van der Waals surface area contributed by atoms with Crippen molar-refractivity contribution in [2.45, 2.75) is 11.8 Å². The zero-order valence-electron chi connectivity index (χ0n) is 14.3. The number of nitrogens with zero attached hydrogens (tertiary/aromatic N) is 2.